The Morgan fingerprint density at radius 2 is 2.07 bits per heavy atom. The number of hydrogen-bond acceptors (Lipinski definition) is 5. The van der Waals surface area contributed by atoms with Gasteiger partial charge in [-0.15, -0.1) is 35.3 Å². The maximum atomic E-state index is 4.63. The molecule has 1 saturated heterocycles. The van der Waals surface area contributed by atoms with Crippen LogP contribution < -0.4 is 15.5 Å². The number of rotatable bonds is 5. The largest absolute Gasteiger partial charge is 0.356 e. The molecule has 0 spiro atoms. The zero-order valence-corrected chi connectivity index (χ0v) is 19.4. The first-order valence-electron chi connectivity index (χ1n) is 9.27. The van der Waals surface area contributed by atoms with Crippen molar-refractivity contribution in [2.45, 2.75) is 45.7 Å². The number of thiazole rings is 1. The van der Waals surface area contributed by atoms with E-state index in [0.29, 0.717) is 12.6 Å². The molecule has 2 aromatic heterocycles. The molecule has 1 aliphatic heterocycles. The van der Waals surface area contributed by atoms with Crippen molar-refractivity contribution in [1.29, 1.82) is 0 Å². The van der Waals surface area contributed by atoms with Gasteiger partial charge < -0.3 is 15.5 Å². The van der Waals surface area contributed by atoms with E-state index in [9.17, 15) is 0 Å². The van der Waals surface area contributed by atoms with Gasteiger partial charge in [-0.25, -0.2) is 9.97 Å². The van der Waals surface area contributed by atoms with Crippen molar-refractivity contribution in [3.8, 4) is 0 Å². The lowest BCUT2D eigenvalue weighted by Gasteiger charge is -2.34. The summed E-state index contributed by atoms with van der Waals surface area (Å²) >= 11 is 1.72. The number of nitrogens with zero attached hydrogens (tertiary/aromatic N) is 4. The van der Waals surface area contributed by atoms with Gasteiger partial charge in [-0.1, -0.05) is 13.0 Å². The van der Waals surface area contributed by atoms with Crippen molar-refractivity contribution in [3.05, 3.63) is 40.0 Å². The highest BCUT2D eigenvalue weighted by molar-refractivity contribution is 14.0. The van der Waals surface area contributed by atoms with Crippen LogP contribution in [0.2, 0.25) is 0 Å². The molecule has 8 heteroatoms. The predicted molar refractivity (Wildman–Crippen MR) is 124 cm³/mol. The zero-order valence-electron chi connectivity index (χ0n) is 16.2. The van der Waals surface area contributed by atoms with Gasteiger partial charge in [0.15, 0.2) is 5.96 Å². The smallest absolute Gasteiger partial charge is 0.191 e. The Labute approximate surface area is 182 Å². The van der Waals surface area contributed by atoms with Crippen LogP contribution in [0.4, 0.5) is 5.82 Å². The summed E-state index contributed by atoms with van der Waals surface area (Å²) < 4.78 is 0. The van der Waals surface area contributed by atoms with E-state index in [2.05, 4.69) is 54.9 Å². The summed E-state index contributed by atoms with van der Waals surface area (Å²) in [6, 6.07) is 6.65. The third-order valence-electron chi connectivity index (χ3n) is 4.60. The summed E-state index contributed by atoms with van der Waals surface area (Å²) in [5.74, 6) is 1.93. The highest BCUT2D eigenvalue weighted by atomic mass is 127. The third-order valence-corrected chi connectivity index (χ3v) is 5.64. The van der Waals surface area contributed by atoms with E-state index in [4.69, 9.17) is 0 Å². The highest BCUT2D eigenvalue weighted by Crippen LogP contribution is 2.18. The van der Waals surface area contributed by atoms with Crippen LogP contribution in [0, 0.1) is 6.92 Å². The Hall–Kier alpha value is -1.42. The lowest BCUT2D eigenvalue weighted by molar-refractivity contribution is 0.459. The van der Waals surface area contributed by atoms with Gasteiger partial charge in [0.25, 0.3) is 0 Å². The first-order chi connectivity index (χ1) is 12.7. The van der Waals surface area contributed by atoms with Gasteiger partial charge in [-0.3, -0.25) is 4.99 Å². The minimum Gasteiger partial charge on any atom is -0.356 e. The van der Waals surface area contributed by atoms with E-state index in [-0.39, 0.29) is 24.0 Å². The second kappa shape index (κ2) is 10.8. The molecule has 3 heterocycles. The molecule has 1 aliphatic rings. The summed E-state index contributed by atoms with van der Waals surface area (Å²) in [5.41, 5.74) is 2.15. The van der Waals surface area contributed by atoms with Crippen molar-refractivity contribution in [2.75, 3.05) is 25.0 Å². The topological polar surface area (TPSA) is 65.4 Å². The summed E-state index contributed by atoms with van der Waals surface area (Å²) in [4.78, 5) is 15.9. The quantitative estimate of drug-likeness (QED) is 0.375. The molecule has 2 aromatic rings. The normalized spacial score (nSPS) is 15.4. The number of hydrogen-bond donors (Lipinski definition) is 2. The van der Waals surface area contributed by atoms with Gasteiger partial charge in [0.1, 0.15) is 5.82 Å². The van der Waals surface area contributed by atoms with E-state index in [1.165, 1.54) is 5.01 Å². The summed E-state index contributed by atoms with van der Waals surface area (Å²) in [7, 11) is 1.82. The highest BCUT2D eigenvalue weighted by Gasteiger charge is 2.21. The molecule has 27 heavy (non-hydrogen) atoms. The maximum absolute atomic E-state index is 4.63. The van der Waals surface area contributed by atoms with Crippen LogP contribution in [0.3, 0.4) is 0 Å². The SMILES string of the molecule is CCc1nc(CNC(=NC)NC2CCN(c3cccc(C)n3)CC2)cs1.I. The Bertz CT molecular complexity index is 739. The van der Waals surface area contributed by atoms with E-state index in [0.717, 1.165) is 55.5 Å². The minimum atomic E-state index is 0. The molecule has 0 saturated carbocycles. The summed E-state index contributed by atoms with van der Waals surface area (Å²) in [5, 5.41) is 10.2. The number of nitrogens with one attached hydrogen (secondary N) is 2. The molecule has 0 aromatic carbocycles. The monoisotopic (exact) mass is 500 g/mol. The molecular weight excluding hydrogens is 471 g/mol. The number of pyridine rings is 1. The molecule has 0 bridgehead atoms. The standard InChI is InChI=1S/C19H28N6S.HI/c1-4-18-23-16(13-26-18)12-21-19(20-3)24-15-8-10-25(11-9-15)17-7-5-6-14(2)22-17;/h5-7,13,15H,4,8-12H2,1-3H3,(H2,20,21,24);1H. The lowest BCUT2D eigenvalue weighted by atomic mass is 10.1. The molecule has 2 N–H and O–H groups in total. The van der Waals surface area contributed by atoms with Gasteiger partial charge in [0.05, 0.1) is 17.2 Å². The van der Waals surface area contributed by atoms with Crippen LogP contribution in [-0.4, -0.2) is 42.1 Å². The average Bonchev–Trinajstić information content (AvgIpc) is 3.14. The third kappa shape index (κ3) is 6.31. The van der Waals surface area contributed by atoms with Crippen LogP contribution in [-0.2, 0) is 13.0 Å². The molecule has 0 atom stereocenters. The number of aryl methyl sites for hydroxylation is 2. The Morgan fingerprint density at radius 3 is 2.70 bits per heavy atom. The maximum Gasteiger partial charge on any atom is 0.191 e. The fraction of sp³-hybridized carbons (Fsp3) is 0.526. The molecular formula is C19H29IN6S. The van der Waals surface area contributed by atoms with Gasteiger partial charge >= 0.3 is 0 Å². The number of anilines is 1. The van der Waals surface area contributed by atoms with Crippen LogP contribution >= 0.6 is 35.3 Å². The van der Waals surface area contributed by atoms with Gasteiger partial charge in [0.2, 0.25) is 0 Å². The fourth-order valence-electron chi connectivity index (χ4n) is 3.11. The van der Waals surface area contributed by atoms with Crippen molar-refractivity contribution in [3.63, 3.8) is 0 Å². The molecule has 148 valence electrons. The number of aliphatic imine (C=N–C) groups is 1. The van der Waals surface area contributed by atoms with Crippen LogP contribution in [0.1, 0.15) is 36.2 Å². The van der Waals surface area contributed by atoms with E-state index in [1.807, 2.05) is 20.0 Å². The predicted octanol–water partition coefficient (Wildman–Crippen LogP) is 3.36. The van der Waals surface area contributed by atoms with Gasteiger partial charge in [-0.05, 0) is 38.3 Å². The Balaban J connectivity index is 0.00000261. The summed E-state index contributed by atoms with van der Waals surface area (Å²) in [6.45, 7) is 6.91. The average molecular weight is 500 g/mol. The van der Waals surface area contributed by atoms with Crippen molar-refractivity contribution in [1.82, 2.24) is 20.6 Å². The molecule has 1 fully saturated rings. The number of guanidine groups is 1. The van der Waals surface area contributed by atoms with Crippen LogP contribution in [0.15, 0.2) is 28.6 Å². The number of piperidine rings is 1. The first-order valence-corrected chi connectivity index (χ1v) is 10.1. The van der Waals surface area contributed by atoms with Crippen molar-refractivity contribution < 1.29 is 0 Å². The molecule has 3 rings (SSSR count). The van der Waals surface area contributed by atoms with Crippen molar-refractivity contribution >= 4 is 47.1 Å². The number of aromatic nitrogens is 2. The second-order valence-corrected chi connectivity index (χ2v) is 7.50. The van der Waals surface area contributed by atoms with Gasteiger partial charge in [-0.2, -0.15) is 0 Å². The first kappa shape index (κ1) is 21.9. The van der Waals surface area contributed by atoms with E-state index in [1.54, 1.807) is 11.3 Å². The molecule has 6 nitrogen and oxygen atoms in total. The molecule has 0 aliphatic carbocycles. The minimum absolute atomic E-state index is 0. The second-order valence-electron chi connectivity index (χ2n) is 6.55. The fourth-order valence-corrected chi connectivity index (χ4v) is 3.86. The zero-order chi connectivity index (χ0) is 18.4. The van der Waals surface area contributed by atoms with Crippen molar-refractivity contribution in [2.24, 2.45) is 4.99 Å². The Morgan fingerprint density at radius 1 is 1.30 bits per heavy atom. The molecule has 0 amide bonds. The molecule has 0 unspecified atom stereocenters. The van der Waals surface area contributed by atoms with Crippen LogP contribution in [0.5, 0.6) is 0 Å². The van der Waals surface area contributed by atoms with E-state index < -0.39 is 0 Å². The number of halogens is 1. The van der Waals surface area contributed by atoms with Crippen LogP contribution in [0.25, 0.3) is 0 Å². The Kier molecular flexibility index (Phi) is 8.75. The molecule has 0 radical (unpaired) electrons. The lowest BCUT2D eigenvalue weighted by Crippen LogP contribution is -2.48. The summed E-state index contributed by atoms with van der Waals surface area (Å²) in [6.07, 6.45) is 3.14. The van der Waals surface area contributed by atoms with E-state index >= 15 is 0 Å². The van der Waals surface area contributed by atoms with Gasteiger partial charge in [0, 0.05) is 37.3 Å².